The molecular formula is C20H32N3O4S+. The van der Waals surface area contributed by atoms with E-state index < -0.39 is 10.0 Å². The second-order valence-electron chi connectivity index (χ2n) is 7.98. The van der Waals surface area contributed by atoms with Gasteiger partial charge in [-0.25, -0.2) is 8.42 Å². The maximum Gasteiger partial charge on any atom is 0.279 e. The highest BCUT2D eigenvalue weighted by Gasteiger charge is 2.28. The van der Waals surface area contributed by atoms with Crippen molar-refractivity contribution in [3.63, 3.8) is 0 Å². The van der Waals surface area contributed by atoms with Gasteiger partial charge >= 0.3 is 0 Å². The first-order valence-corrected chi connectivity index (χ1v) is 11.7. The summed E-state index contributed by atoms with van der Waals surface area (Å²) in [4.78, 5) is 13.8. The Bertz CT molecular complexity index is 748. The first-order valence-electron chi connectivity index (χ1n) is 10.2. The Morgan fingerprint density at radius 2 is 1.64 bits per heavy atom. The Morgan fingerprint density at radius 3 is 2.21 bits per heavy atom. The highest BCUT2D eigenvalue weighted by molar-refractivity contribution is 7.89. The zero-order chi connectivity index (χ0) is 20.1. The van der Waals surface area contributed by atoms with Crippen LogP contribution in [0.1, 0.15) is 39.5 Å². The molecule has 0 bridgehead atoms. The van der Waals surface area contributed by atoms with E-state index in [9.17, 15) is 13.2 Å². The van der Waals surface area contributed by atoms with E-state index in [2.05, 4.69) is 5.32 Å². The summed E-state index contributed by atoms with van der Waals surface area (Å²) in [6.07, 6.45) is 4.28. The summed E-state index contributed by atoms with van der Waals surface area (Å²) in [5, 5.41) is 2.88. The van der Waals surface area contributed by atoms with E-state index in [4.69, 9.17) is 4.74 Å². The summed E-state index contributed by atoms with van der Waals surface area (Å²) in [5.41, 5.74) is 0.619. The molecule has 1 amide bonds. The molecule has 2 fully saturated rings. The van der Waals surface area contributed by atoms with Gasteiger partial charge in [-0.2, -0.15) is 4.31 Å². The number of anilines is 1. The fourth-order valence-electron chi connectivity index (χ4n) is 4.11. The summed E-state index contributed by atoms with van der Waals surface area (Å²) in [7, 11) is -3.46. The average molecular weight is 411 g/mol. The largest absolute Gasteiger partial charge is 0.364 e. The molecule has 2 atom stereocenters. The highest BCUT2D eigenvalue weighted by Crippen LogP contribution is 2.21. The fraction of sp³-hybridized carbons (Fsp3) is 0.650. The summed E-state index contributed by atoms with van der Waals surface area (Å²) < 4.78 is 32.9. The number of sulfonamides is 1. The van der Waals surface area contributed by atoms with Gasteiger partial charge in [0.05, 0.1) is 4.90 Å². The van der Waals surface area contributed by atoms with Crippen molar-refractivity contribution in [3.05, 3.63) is 24.3 Å². The van der Waals surface area contributed by atoms with Crippen LogP contribution in [0.4, 0.5) is 5.69 Å². The third-order valence-electron chi connectivity index (χ3n) is 5.37. The topological polar surface area (TPSA) is 80.2 Å². The number of nitrogens with zero attached hydrogens (tertiary/aromatic N) is 1. The van der Waals surface area contributed by atoms with Gasteiger partial charge in [0.2, 0.25) is 10.0 Å². The molecule has 0 unspecified atom stereocenters. The predicted molar refractivity (Wildman–Crippen MR) is 108 cm³/mol. The molecule has 28 heavy (non-hydrogen) atoms. The van der Waals surface area contributed by atoms with E-state index >= 15 is 0 Å². The molecule has 0 spiro atoms. The molecule has 2 aliphatic heterocycles. The predicted octanol–water partition coefficient (Wildman–Crippen LogP) is 0.882. The van der Waals surface area contributed by atoms with Crippen LogP contribution in [-0.2, 0) is 19.6 Å². The Labute approximate surface area is 168 Å². The Hall–Kier alpha value is -1.48. The van der Waals surface area contributed by atoms with Crippen LogP contribution in [0.25, 0.3) is 0 Å². The lowest BCUT2D eigenvalue weighted by molar-refractivity contribution is -0.907. The number of hydrogen-bond acceptors (Lipinski definition) is 4. The number of morpholine rings is 1. The fourth-order valence-corrected chi connectivity index (χ4v) is 5.62. The maximum atomic E-state index is 12.8. The summed E-state index contributed by atoms with van der Waals surface area (Å²) in [6.45, 7) is 7.22. The van der Waals surface area contributed by atoms with E-state index in [-0.39, 0.29) is 23.0 Å². The molecule has 2 heterocycles. The molecule has 156 valence electrons. The molecule has 2 N–H and O–H groups in total. The van der Waals surface area contributed by atoms with Crippen LogP contribution in [0, 0.1) is 0 Å². The molecule has 0 aromatic heterocycles. The average Bonchev–Trinajstić information content (AvgIpc) is 2.91. The van der Waals surface area contributed by atoms with Crippen LogP contribution in [0.2, 0.25) is 0 Å². The minimum atomic E-state index is -3.46. The molecule has 0 radical (unpaired) electrons. The van der Waals surface area contributed by atoms with Crippen LogP contribution in [0.3, 0.4) is 0 Å². The van der Waals surface area contributed by atoms with Crippen LogP contribution in [0.15, 0.2) is 29.2 Å². The van der Waals surface area contributed by atoms with Gasteiger partial charge in [0.15, 0.2) is 6.54 Å². The molecular weight excluding hydrogens is 378 g/mol. The first-order chi connectivity index (χ1) is 13.3. The standard InChI is InChI=1S/C20H31N3O4S/c1-16-13-22(14-17(2)27-16)15-20(24)21-18-7-9-19(10-8-18)28(25,26)23-11-5-3-4-6-12-23/h7-10,16-17H,3-6,11-15H2,1-2H3,(H,21,24)/p+1/t16-,17-/m1/s1. The lowest BCUT2D eigenvalue weighted by Crippen LogP contribution is -3.16. The van der Waals surface area contributed by atoms with Crippen molar-refractivity contribution in [2.24, 2.45) is 0 Å². The van der Waals surface area contributed by atoms with Crippen molar-refractivity contribution in [2.75, 3.05) is 38.0 Å². The van der Waals surface area contributed by atoms with Crippen molar-refractivity contribution in [1.82, 2.24) is 4.31 Å². The summed E-state index contributed by atoms with van der Waals surface area (Å²) in [6, 6.07) is 6.51. The van der Waals surface area contributed by atoms with Gasteiger partial charge in [-0.15, -0.1) is 0 Å². The quantitative estimate of drug-likeness (QED) is 0.755. The molecule has 0 aliphatic carbocycles. The number of nitrogens with one attached hydrogen (secondary N) is 2. The first kappa shape index (κ1) is 21.2. The molecule has 1 aromatic rings. The van der Waals surface area contributed by atoms with E-state index in [0.29, 0.717) is 25.3 Å². The van der Waals surface area contributed by atoms with Gasteiger partial charge in [0, 0.05) is 18.8 Å². The maximum absolute atomic E-state index is 12.8. The van der Waals surface area contributed by atoms with E-state index in [1.54, 1.807) is 28.6 Å². The summed E-state index contributed by atoms with van der Waals surface area (Å²) >= 11 is 0. The zero-order valence-corrected chi connectivity index (χ0v) is 17.6. The number of ether oxygens (including phenoxy) is 1. The Morgan fingerprint density at radius 1 is 1.07 bits per heavy atom. The molecule has 3 rings (SSSR count). The van der Waals surface area contributed by atoms with Crippen molar-refractivity contribution in [1.29, 1.82) is 0 Å². The van der Waals surface area contributed by atoms with Gasteiger partial charge in [-0.1, -0.05) is 12.8 Å². The van der Waals surface area contributed by atoms with Crippen molar-refractivity contribution >= 4 is 21.6 Å². The molecule has 0 saturated carbocycles. The monoisotopic (exact) mass is 410 g/mol. The number of amides is 1. The van der Waals surface area contributed by atoms with Gasteiger partial charge in [0.25, 0.3) is 5.91 Å². The van der Waals surface area contributed by atoms with Gasteiger partial charge in [0.1, 0.15) is 25.3 Å². The SMILES string of the molecule is C[C@@H]1C[NH+](CC(=O)Nc2ccc(S(=O)(=O)N3CCCCCC3)cc2)C[C@@H](C)O1. The normalized spacial score (nSPS) is 27.1. The summed E-state index contributed by atoms with van der Waals surface area (Å²) in [5.74, 6) is -0.0700. The van der Waals surface area contributed by atoms with Crippen molar-refractivity contribution in [2.45, 2.75) is 56.6 Å². The zero-order valence-electron chi connectivity index (χ0n) is 16.8. The Kier molecular flexibility index (Phi) is 7.09. The number of quaternary nitrogens is 1. The van der Waals surface area contributed by atoms with E-state index in [0.717, 1.165) is 38.8 Å². The van der Waals surface area contributed by atoms with Crippen LogP contribution in [0.5, 0.6) is 0 Å². The molecule has 2 aliphatic rings. The van der Waals surface area contributed by atoms with E-state index in [1.165, 1.54) is 4.90 Å². The number of hydrogen-bond donors (Lipinski definition) is 2. The number of benzene rings is 1. The van der Waals surface area contributed by atoms with E-state index in [1.807, 2.05) is 13.8 Å². The Balaban J connectivity index is 1.58. The van der Waals surface area contributed by atoms with Crippen LogP contribution in [-0.4, -0.2) is 63.6 Å². The van der Waals surface area contributed by atoms with Crippen LogP contribution < -0.4 is 10.2 Å². The third kappa shape index (κ3) is 5.53. The van der Waals surface area contributed by atoms with Crippen molar-refractivity contribution < 1.29 is 22.8 Å². The van der Waals surface area contributed by atoms with Gasteiger partial charge in [-0.05, 0) is 51.0 Å². The number of carbonyl (C=O) groups is 1. The minimum absolute atomic E-state index is 0.0700. The molecule has 2 saturated heterocycles. The van der Waals surface area contributed by atoms with Crippen molar-refractivity contribution in [3.8, 4) is 0 Å². The molecule has 8 heteroatoms. The molecule has 7 nitrogen and oxygen atoms in total. The smallest absolute Gasteiger partial charge is 0.279 e. The lowest BCUT2D eigenvalue weighted by atomic mass is 10.2. The minimum Gasteiger partial charge on any atom is -0.364 e. The number of carbonyl (C=O) groups excluding carboxylic acids is 1. The number of rotatable bonds is 5. The van der Waals surface area contributed by atoms with Crippen LogP contribution >= 0.6 is 0 Å². The third-order valence-corrected chi connectivity index (χ3v) is 7.28. The highest BCUT2D eigenvalue weighted by atomic mass is 32.2. The lowest BCUT2D eigenvalue weighted by Gasteiger charge is -2.31. The second kappa shape index (κ2) is 9.35. The molecule has 1 aromatic carbocycles. The van der Waals surface area contributed by atoms with Gasteiger partial charge in [-0.3, -0.25) is 4.79 Å². The van der Waals surface area contributed by atoms with Gasteiger partial charge < -0.3 is 15.0 Å². The second-order valence-corrected chi connectivity index (χ2v) is 9.92.